The number of hydrogen-bond acceptors (Lipinski definition) is 2. The predicted octanol–water partition coefficient (Wildman–Crippen LogP) is 4.02. The fourth-order valence-corrected chi connectivity index (χ4v) is 2.28. The average Bonchev–Trinajstić information content (AvgIpc) is 2.49. The Morgan fingerprint density at radius 1 is 1.14 bits per heavy atom. The molecule has 1 unspecified atom stereocenters. The first-order chi connectivity index (χ1) is 10.1. The molecule has 0 saturated carbocycles. The van der Waals surface area contributed by atoms with Crippen molar-refractivity contribution in [3.8, 4) is 5.75 Å². The molecule has 0 aliphatic heterocycles. The molecule has 0 amide bonds. The van der Waals surface area contributed by atoms with E-state index in [4.69, 9.17) is 16.3 Å². The van der Waals surface area contributed by atoms with Gasteiger partial charge in [-0.2, -0.15) is 0 Å². The van der Waals surface area contributed by atoms with Crippen LogP contribution in [0, 0.1) is 5.82 Å². The van der Waals surface area contributed by atoms with Crippen LogP contribution in [0.25, 0.3) is 0 Å². The third-order valence-corrected chi connectivity index (χ3v) is 3.69. The highest BCUT2D eigenvalue weighted by Crippen LogP contribution is 2.18. The molecule has 21 heavy (non-hydrogen) atoms. The topological polar surface area (TPSA) is 29.5 Å². The lowest BCUT2D eigenvalue weighted by molar-refractivity contribution is 0.165. The van der Waals surface area contributed by atoms with Crippen molar-refractivity contribution in [1.29, 1.82) is 0 Å². The molecule has 0 aliphatic rings. The highest BCUT2D eigenvalue weighted by Gasteiger charge is 2.08. The van der Waals surface area contributed by atoms with Crippen molar-refractivity contribution in [3.63, 3.8) is 0 Å². The van der Waals surface area contributed by atoms with Gasteiger partial charge in [-0.25, -0.2) is 4.39 Å². The Morgan fingerprint density at radius 3 is 2.43 bits per heavy atom. The molecule has 1 atom stereocenters. The molecule has 0 saturated heterocycles. The van der Waals surface area contributed by atoms with Gasteiger partial charge in [0.2, 0.25) is 0 Å². The Hall–Kier alpha value is -1.58. The maximum absolute atomic E-state index is 13.3. The van der Waals surface area contributed by atoms with Crippen LogP contribution in [0.3, 0.4) is 0 Å². The van der Waals surface area contributed by atoms with Crippen LogP contribution in [0.5, 0.6) is 5.75 Å². The molecule has 2 aromatic carbocycles. The van der Waals surface area contributed by atoms with Crippen molar-refractivity contribution in [3.05, 3.63) is 64.4 Å². The van der Waals surface area contributed by atoms with Crippen LogP contribution in [0.15, 0.2) is 42.5 Å². The molecule has 0 aliphatic carbocycles. The van der Waals surface area contributed by atoms with Crippen LogP contribution in [0.1, 0.15) is 17.5 Å². The SMILES string of the molecule is COc1ccc(CCC(O)Cc2ccc(Cl)c(F)c2)cc1. The predicted molar refractivity (Wildman–Crippen MR) is 82.4 cm³/mol. The Labute approximate surface area is 129 Å². The number of rotatable bonds is 6. The van der Waals surface area contributed by atoms with Crippen LogP contribution < -0.4 is 4.74 Å². The maximum Gasteiger partial charge on any atom is 0.142 e. The summed E-state index contributed by atoms with van der Waals surface area (Å²) in [5, 5.41) is 10.1. The van der Waals surface area contributed by atoms with Crippen molar-refractivity contribution >= 4 is 11.6 Å². The normalized spacial score (nSPS) is 12.2. The standard InChI is InChI=1S/C17H18ClFO2/c1-21-15-7-3-12(4-8-15)2-6-14(20)10-13-5-9-16(18)17(19)11-13/h3-5,7-9,11,14,20H,2,6,10H2,1H3. The van der Waals surface area contributed by atoms with Gasteiger partial charge in [-0.15, -0.1) is 0 Å². The Balaban J connectivity index is 1.86. The van der Waals surface area contributed by atoms with Gasteiger partial charge in [0.05, 0.1) is 18.2 Å². The van der Waals surface area contributed by atoms with Crippen molar-refractivity contribution in [1.82, 2.24) is 0 Å². The number of methoxy groups -OCH3 is 1. The van der Waals surface area contributed by atoms with Crippen LogP contribution in [0.2, 0.25) is 5.02 Å². The number of aryl methyl sites for hydroxylation is 1. The summed E-state index contributed by atoms with van der Waals surface area (Å²) in [5.41, 5.74) is 1.89. The number of hydrogen-bond donors (Lipinski definition) is 1. The largest absolute Gasteiger partial charge is 0.497 e. The number of halogens is 2. The summed E-state index contributed by atoms with van der Waals surface area (Å²) in [6.07, 6.45) is 1.30. The molecule has 0 heterocycles. The molecule has 0 aromatic heterocycles. The first-order valence-corrected chi connectivity index (χ1v) is 7.21. The van der Waals surface area contributed by atoms with E-state index in [1.807, 2.05) is 24.3 Å². The van der Waals surface area contributed by atoms with Crippen LogP contribution in [-0.4, -0.2) is 18.3 Å². The van der Waals surface area contributed by atoms with E-state index in [0.717, 1.165) is 23.3 Å². The van der Waals surface area contributed by atoms with Crippen molar-refractivity contribution in [2.75, 3.05) is 7.11 Å². The number of ether oxygens (including phenoxy) is 1. The van der Waals surface area contributed by atoms with E-state index in [0.29, 0.717) is 12.8 Å². The molecule has 0 fully saturated rings. The zero-order chi connectivity index (χ0) is 15.2. The summed E-state index contributed by atoms with van der Waals surface area (Å²) in [6, 6.07) is 12.4. The third kappa shape index (κ3) is 4.73. The molecule has 2 nitrogen and oxygen atoms in total. The van der Waals surface area contributed by atoms with E-state index in [-0.39, 0.29) is 5.02 Å². The monoisotopic (exact) mass is 308 g/mol. The molecule has 1 N–H and O–H groups in total. The molecule has 4 heteroatoms. The minimum atomic E-state index is -0.507. The Kier molecular flexibility index (Phi) is 5.59. The van der Waals surface area contributed by atoms with E-state index in [2.05, 4.69) is 0 Å². The minimum absolute atomic E-state index is 0.103. The quantitative estimate of drug-likeness (QED) is 0.873. The second-order valence-corrected chi connectivity index (χ2v) is 5.40. The number of aliphatic hydroxyl groups is 1. The second-order valence-electron chi connectivity index (χ2n) is 4.99. The summed E-state index contributed by atoms with van der Waals surface area (Å²) in [5.74, 6) is 0.368. The first-order valence-electron chi connectivity index (χ1n) is 6.83. The summed E-state index contributed by atoms with van der Waals surface area (Å²) in [7, 11) is 1.63. The highest BCUT2D eigenvalue weighted by atomic mass is 35.5. The molecule has 112 valence electrons. The van der Waals surface area contributed by atoms with Gasteiger partial charge in [0.15, 0.2) is 0 Å². The fraction of sp³-hybridized carbons (Fsp3) is 0.294. The van der Waals surface area contributed by atoms with E-state index in [1.54, 1.807) is 13.2 Å². The first kappa shape index (κ1) is 15.8. The highest BCUT2D eigenvalue weighted by molar-refractivity contribution is 6.30. The average molecular weight is 309 g/mol. The van der Waals surface area contributed by atoms with Gasteiger partial charge in [0.25, 0.3) is 0 Å². The summed E-state index contributed by atoms with van der Waals surface area (Å²) in [6.45, 7) is 0. The second kappa shape index (κ2) is 7.43. The number of benzene rings is 2. The van der Waals surface area contributed by atoms with Gasteiger partial charge < -0.3 is 9.84 Å². The fourth-order valence-electron chi connectivity index (χ4n) is 2.17. The van der Waals surface area contributed by atoms with E-state index < -0.39 is 11.9 Å². The lowest BCUT2D eigenvalue weighted by atomic mass is 10.0. The summed E-state index contributed by atoms with van der Waals surface area (Å²) < 4.78 is 18.4. The van der Waals surface area contributed by atoms with Crippen LogP contribution >= 0.6 is 11.6 Å². The van der Waals surface area contributed by atoms with Crippen molar-refractivity contribution in [2.45, 2.75) is 25.4 Å². The molecule has 0 spiro atoms. The zero-order valence-corrected chi connectivity index (χ0v) is 12.6. The van der Waals surface area contributed by atoms with Gasteiger partial charge in [-0.05, 0) is 54.7 Å². The molecule has 2 aromatic rings. The minimum Gasteiger partial charge on any atom is -0.497 e. The van der Waals surface area contributed by atoms with Gasteiger partial charge in [-0.3, -0.25) is 0 Å². The van der Waals surface area contributed by atoms with Crippen molar-refractivity contribution in [2.24, 2.45) is 0 Å². The Morgan fingerprint density at radius 2 is 1.81 bits per heavy atom. The maximum atomic E-state index is 13.3. The van der Waals surface area contributed by atoms with Gasteiger partial charge in [-0.1, -0.05) is 29.8 Å². The lowest BCUT2D eigenvalue weighted by Crippen LogP contribution is -2.11. The van der Waals surface area contributed by atoms with Crippen LogP contribution in [-0.2, 0) is 12.8 Å². The van der Waals surface area contributed by atoms with E-state index >= 15 is 0 Å². The smallest absolute Gasteiger partial charge is 0.142 e. The van der Waals surface area contributed by atoms with Crippen LogP contribution in [0.4, 0.5) is 4.39 Å². The number of aliphatic hydroxyl groups excluding tert-OH is 1. The Bertz CT molecular complexity index is 584. The van der Waals surface area contributed by atoms with E-state index in [1.165, 1.54) is 12.1 Å². The molecular weight excluding hydrogens is 291 g/mol. The molecule has 2 rings (SSSR count). The van der Waals surface area contributed by atoms with E-state index in [9.17, 15) is 9.50 Å². The summed E-state index contributed by atoms with van der Waals surface area (Å²) >= 11 is 5.64. The lowest BCUT2D eigenvalue weighted by Gasteiger charge is -2.11. The van der Waals surface area contributed by atoms with Gasteiger partial charge in [0, 0.05) is 0 Å². The van der Waals surface area contributed by atoms with Gasteiger partial charge in [0.1, 0.15) is 11.6 Å². The van der Waals surface area contributed by atoms with Crippen molar-refractivity contribution < 1.29 is 14.2 Å². The third-order valence-electron chi connectivity index (χ3n) is 3.38. The molecule has 0 bridgehead atoms. The zero-order valence-electron chi connectivity index (χ0n) is 11.9. The van der Waals surface area contributed by atoms with Gasteiger partial charge >= 0.3 is 0 Å². The summed E-state index contributed by atoms with van der Waals surface area (Å²) in [4.78, 5) is 0. The molecular formula is C17H18ClFO2. The molecule has 0 radical (unpaired) electrons.